The first-order chi connectivity index (χ1) is 8.18. The van der Waals surface area contributed by atoms with Crippen LogP contribution in [-0.2, 0) is 4.74 Å². The smallest absolute Gasteiger partial charge is 0.202 e. The molecule has 4 heteroatoms. The number of ether oxygens (including phenoxy) is 1. The first kappa shape index (κ1) is 11.3. The Kier molecular flexibility index (Phi) is 2.92. The summed E-state index contributed by atoms with van der Waals surface area (Å²) in [5.41, 5.74) is -0.491. The summed E-state index contributed by atoms with van der Waals surface area (Å²) in [6.07, 6.45) is 0.438. The number of benzene rings is 1. The predicted octanol–water partition coefficient (Wildman–Crippen LogP) is 2.17. The molecule has 86 valence electrons. The summed E-state index contributed by atoms with van der Waals surface area (Å²) >= 11 is 0. The predicted molar refractivity (Wildman–Crippen MR) is 61.7 cm³/mol. The van der Waals surface area contributed by atoms with Gasteiger partial charge in [0.2, 0.25) is 5.90 Å². The maximum atomic E-state index is 12.0. The Morgan fingerprint density at radius 2 is 2.18 bits per heavy atom. The van der Waals surface area contributed by atoms with Crippen molar-refractivity contribution >= 4 is 11.7 Å². The molecule has 2 rings (SSSR count). The van der Waals surface area contributed by atoms with Crippen LogP contribution in [0, 0.1) is 22.2 Å². The number of nitrogens with zero attached hydrogens (tertiary/aromatic N) is 1. The molecular formula is C13H12N2O2. The highest BCUT2D eigenvalue weighted by molar-refractivity contribution is 6.00. The van der Waals surface area contributed by atoms with Crippen molar-refractivity contribution in [3.05, 3.63) is 35.9 Å². The lowest BCUT2D eigenvalue weighted by Gasteiger charge is -2.16. The van der Waals surface area contributed by atoms with Crippen molar-refractivity contribution in [2.45, 2.75) is 12.8 Å². The van der Waals surface area contributed by atoms with Crippen molar-refractivity contribution in [1.82, 2.24) is 0 Å². The molecule has 1 aromatic carbocycles. The third-order valence-corrected chi connectivity index (χ3v) is 2.98. The number of hydrogen-bond donors (Lipinski definition) is 1. The number of Topliss-reactive ketones (excluding diaryl/α,β-unsaturated/α-hetero) is 1. The molecule has 1 fully saturated rings. The minimum absolute atomic E-state index is 0.0202. The van der Waals surface area contributed by atoms with Gasteiger partial charge >= 0.3 is 0 Å². The van der Waals surface area contributed by atoms with Crippen LogP contribution in [-0.4, -0.2) is 18.3 Å². The van der Waals surface area contributed by atoms with Gasteiger partial charge in [0.05, 0.1) is 12.7 Å². The van der Waals surface area contributed by atoms with E-state index in [1.54, 1.807) is 24.3 Å². The van der Waals surface area contributed by atoms with E-state index in [2.05, 4.69) is 6.07 Å². The average Bonchev–Trinajstić information content (AvgIpc) is 2.72. The molecule has 0 aromatic heterocycles. The van der Waals surface area contributed by atoms with E-state index < -0.39 is 5.41 Å². The van der Waals surface area contributed by atoms with E-state index in [9.17, 15) is 4.79 Å². The van der Waals surface area contributed by atoms with Gasteiger partial charge < -0.3 is 4.74 Å². The first-order valence-electron chi connectivity index (χ1n) is 5.39. The molecule has 0 spiro atoms. The van der Waals surface area contributed by atoms with Gasteiger partial charge in [0.1, 0.15) is 5.41 Å². The van der Waals surface area contributed by atoms with Crippen LogP contribution in [0.15, 0.2) is 30.3 Å². The second-order valence-electron chi connectivity index (χ2n) is 4.09. The molecule has 0 saturated carbocycles. The number of nitriles is 1. The van der Waals surface area contributed by atoms with Gasteiger partial charge in [0, 0.05) is 18.4 Å². The fraction of sp³-hybridized carbons (Fsp3) is 0.308. The number of ketones is 1. The summed E-state index contributed by atoms with van der Waals surface area (Å²) in [6.45, 7) is 0.342. The molecule has 0 aliphatic carbocycles. The quantitative estimate of drug-likeness (QED) is 0.805. The normalized spacial score (nSPS) is 22.9. The molecule has 17 heavy (non-hydrogen) atoms. The molecule has 1 aliphatic heterocycles. The van der Waals surface area contributed by atoms with Crippen LogP contribution in [0.1, 0.15) is 23.2 Å². The first-order valence-corrected chi connectivity index (χ1v) is 5.39. The average molecular weight is 228 g/mol. The summed E-state index contributed by atoms with van der Waals surface area (Å²) in [5, 5.41) is 16.8. The Morgan fingerprint density at radius 3 is 2.71 bits per heavy atom. The van der Waals surface area contributed by atoms with Gasteiger partial charge in [0.25, 0.3) is 0 Å². The molecule has 0 amide bonds. The monoisotopic (exact) mass is 228 g/mol. The van der Waals surface area contributed by atoms with E-state index in [1.165, 1.54) is 0 Å². The zero-order valence-corrected chi connectivity index (χ0v) is 9.27. The van der Waals surface area contributed by atoms with Crippen molar-refractivity contribution in [3.8, 4) is 6.07 Å². The Bertz CT molecular complexity index is 490. The molecule has 1 heterocycles. The van der Waals surface area contributed by atoms with Crippen LogP contribution in [0.4, 0.5) is 0 Å². The fourth-order valence-corrected chi connectivity index (χ4v) is 1.89. The number of carbonyl (C=O) groups is 1. The van der Waals surface area contributed by atoms with E-state index in [4.69, 9.17) is 15.4 Å². The van der Waals surface area contributed by atoms with E-state index in [-0.39, 0.29) is 18.1 Å². The van der Waals surface area contributed by atoms with Crippen molar-refractivity contribution in [2.24, 2.45) is 5.41 Å². The van der Waals surface area contributed by atoms with Crippen LogP contribution >= 0.6 is 0 Å². The molecule has 1 saturated heterocycles. The van der Waals surface area contributed by atoms with Gasteiger partial charge in [-0.1, -0.05) is 30.3 Å². The van der Waals surface area contributed by atoms with Crippen molar-refractivity contribution < 1.29 is 9.53 Å². The Hall–Kier alpha value is -2.15. The lowest BCUT2D eigenvalue weighted by atomic mass is 9.81. The molecule has 1 aromatic rings. The molecule has 4 nitrogen and oxygen atoms in total. The zero-order chi connectivity index (χ0) is 12.3. The summed E-state index contributed by atoms with van der Waals surface area (Å²) < 4.78 is 5.01. The summed E-state index contributed by atoms with van der Waals surface area (Å²) in [7, 11) is 0. The highest BCUT2D eigenvalue weighted by atomic mass is 16.5. The Morgan fingerprint density at radius 1 is 1.47 bits per heavy atom. The van der Waals surface area contributed by atoms with E-state index in [0.717, 1.165) is 0 Å². The minimum Gasteiger partial charge on any atom is -0.480 e. The summed E-state index contributed by atoms with van der Waals surface area (Å²) in [6, 6.07) is 10.9. The highest BCUT2D eigenvalue weighted by Crippen LogP contribution is 2.34. The number of rotatable bonds is 3. The molecular weight excluding hydrogens is 216 g/mol. The largest absolute Gasteiger partial charge is 0.480 e. The van der Waals surface area contributed by atoms with Gasteiger partial charge in [-0.15, -0.1) is 0 Å². The maximum absolute atomic E-state index is 12.0. The van der Waals surface area contributed by atoms with Crippen molar-refractivity contribution in [2.75, 3.05) is 6.61 Å². The highest BCUT2D eigenvalue weighted by Gasteiger charge is 2.43. The topological polar surface area (TPSA) is 73.9 Å². The molecule has 1 atom stereocenters. The van der Waals surface area contributed by atoms with E-state index in [1.807, 2.05) is 6.07 Å². The number of nitrogens with one attached hydrogen (secondary N) is 1. The summed E-state index contributed by atoms with van der Waals surface area (Å²) in [5.74, 6) is -0.202. The van der Waals surface area contributed by atoms with Crippen LogP contribution in [0.2, 0.25) is 0 Å². The fourth-order valence-electron chi connectivity index (χ4n) is 1.89. The standard InChI is InChI=1S/C13H12N2O2/c14-9-13(6-7-17-12(13)15)8-11(16)10-4-2-1-3-5-10/h1-5,15H,6-8H2/t13-/m0/s1. The molecule has 0 radical (unpaired) electrons. The van der Waals surface area contributed by atoms with Gasteiger partial charge in [-0.2, -0.15) is 5.26 Å². The van der Waals surface area contributed by atoms with Crippen LogP contribution in [0.3, 0.4) is 0 Å². The molecule has 1 N–H and O–H groups in total. The Labute approximate surface area is 99.3 Å². The SMILES string of the molecule is N#C[C@@]1(CC(=O)c2ccccc2)CCOC1=N. The third-order valence-electron chi connectivity index (χ3n) is 2.98. The van der Waals surface area contributed by atoms with E-state index >= 15 is 0 Å². The number of hydrogen-bond acceptors (Lipinski definition) is 4. The minimum atomic E-state index is -1.06. The molecule has 0 bridgehead atoms. The lowest BCUT2D eigenvalue weighted by Crippen LogP contribution is -2.27. The van der Waals surface area contributed by atoms with Gasteiger partial charge in [-0.05, 0) is 0 Å². The summed E-state index contributed by atoms with van der Waals surface area (Å²) in [4.78, 5) is 12.0. The second kappa shape index (κ2) is 4.38. The second-order valence-corrected chi connectivity index (χ2v) is 4.09. The number of carbonyl (C=O) groups excluding carboxylic acids is 1. The van der Waals surface area contributed by atoms with Crippen LogP contribution in [0.5, 0.6) is 0 Å². The van der Waals surface area contributed by atoms with Gasteiger partial charge in [-0.3, -0.25) is 10.2 Å². The van der Waals surface area contributed by atoms with Gasteiger partial charge in [-0.25, -0.2) is 0 Å². The van der Waals surface area contributed by atoms with Crippen molar-refractivity contribution in [3.63, 3.8) is 0 Å². The molecule has 0 unspecified atom stereocenters. The zero-order valence-electron chi connectivity index (χ0n) is 9.27. The van der Waals surface area contributed by atoms with Gasteiger partial charge in [0.15, 0.2) is 5.78 Å². The lowest BCUT2D eigenvalue weighted by molar-refractivity contribution is 0.0959. The van der Waals surface area contributed by atoms with Crippen LogP contribution in [0.25, 0.3) is 0 Å². The molecule has 1 aliphatic rings. The maximum Gasteiger partial charge on any atom is 0.202 e. The van der Waals surface area contributed by atoms with Crippen molar-refractivity contribution in [1.29, 1.82) is 10.7 Å². The Balaban J connectivity index is 2.19. The van der Waals surface area contributed by atoms with E-state index in [0.29, 0.717) is 18.6 Å². The van der Waals surface area contributed by atoms with Crippen LogP contribution < -0.4 is 0 Å². The third kappa shape index (κ3) is 2.04.